The maximum atomic E-state index is 12.4. The van der Waals surface area contributed by atoms with E-state index in [4.69, 9.17) is 11.6 Å². The standard InChI is InChI=1S/C20H19ClN4OS/c1-13-5-3-4-6-16(13)25-18(14-7-9-15(21)10-8-14)22-23-20(25)27-17-11-12-24(2)19(17)26/h3-10,17H,11-12H2,1-2H3. The number of nitrogens with zero attached hydrogens (tertiary/aromatic N) is 4. The van der Waals surface area contributed by atoms with Crippen LogP contribution in [0.1, 0.15) is 12.0 Å². The van der Waals surface area contributed by atoms with Gasteiger partial charge in [-0.1, -0.05) is 41.6 Å². The summed E-state index contributed by atoms with van der Waals surface area (Å²) in [5.41, 5.74) is 3.05. The van der Waals surface area contributed by atoms with Crippen LogP contribution in [0.2, 0.25) is 5.02 Å². The topological polar surface area (TPSA) is 51.0 Å². The highest BCUT2D eigenvalue weighted by atomic mass is 35.5. The fourth-order valence-corrected chi connectivity index (χ4v) is 4.45. The number of amides is 1. The van der Waals surface area contributed by atoms with Crippen LogP contribution in [0.3, 0.4) is 0 Å². The number of aryl methyl sites for hydroxylation is 1. The number of aromatic nitrogens is 3. The van der Waals surface area contributed by atoms with Crippen molar-refractivity contribution in [2.45, 2.75) is 23.8 Å². The number of carbonyl (C=O) groups is 1. The molecular formula is C20H19ClN4OS. The predicted octanol–water partition coefficient (Wildman–Crippen LogP) is 4.22. The first-order chi connectivity index (χ1) is 13.0. The Kier molecular flexibility index (Phi) is 4.93. The van der Waals surface area contributed by atoms with Crippen molar-refractivity contribution in [2.24, 2.45) is 0 Å². The zero-order valence-corrected chi connectivity index (χ0v) is 16.7. The molecule has 1 saturated heterocycles. The summed E-state index contributed by atoms with van der Waals surface area (Å²) in [7, 11) is 1.84. The largest absolute Gasteiger partial charge is 0.345 e. The first kappa shape index (κ1) is 18.1. The molecule has 4 rings (SSSR count). The minimum absolute atomic E-state index is 0.125. The second-order valence-electron chi connectivity index (χ2n) is 6.59. The Labute approximate surface area is 167 Å². The Morgan fingerprint density at radius 1 is 1.11 bits per heavy atom. The van der Waals surface area contributed by atoms with Crippen LogP contribution in [0, 0.1) is 6.92 Å². The first-order valence-electron chi connectivity index (χ1n) is 8.73. The molecule has 1 fully saturated rings. The smallest absolute Gasteiger partial charge is 0.235 e. The summed E-state index contributed by atoms with van der Waals surface area (Å²) in [5.74, 6) is 0.884. The molecule has 0 spiro atoms. The summed E-state index contributed by atoms with van der Waals surface area (Å²) in [6, 6.07) is 15.7. The van der Waals surface area contributed by atoms with Crippen LogP contribution < -0.4 is 0 Å². The molecule has 1 aliphatic rings. The maximum Gasteiger partial charge on any atom is 0.235 e. The van der Waals surface area contributed by atoms with Crippen LogP contribution in [0.5, 0.6) is 0 Å². The number of rotatable bonds is 4. The summed E-state index contributed by atoms with van der Waals surface area (Å²) >= 11 is 7.52. The van der Waals surface area contributed by atoms with Gasteiger partial charge in [-0.3, -0.25) is 9.36 Å². The van der Waals surface area contributed by atoms with E-state index in [-0.39, 0.29) is 11.2 Å². The van der Waals surface area contributed by atoms with E-state index in [1.54, 1.807) is 4.90 Å². The highest BCUT2D eigenvalue weighted by Gasteiger charge is 2.32. The summed E-state index contributed by atoms with van der Waals surface area (Å²) in [4.78, 5) is 14.1. The molecule has 1 aliphatic heterocycles. The van der Waals surface area contributed by atoms with Gasteiger partial charge in [-0.05, 0) is 49.2 Å². The molecule has 0 bridgehead atoms. The fraction of sp³-hybridized carbons (Fsp3) is 0.250. The molecule has 27 heavy (non-hydrogen) atoms. The van der Waals surface area contributed by atoms with Gasteiger partial charge in [0.25, 0.3) is 0 Å². The number of hydrogen-bond acceptors (Lipinski definition) is 4. The molecule has 1 amide bonds. The van der Waals surface area contributed by atoms with Gasteiger partial charge in [0.1, 0.15) is 0 Å². The van der Waals surface area contributed by atoms with Crippen molar-refractivity contribution < 1.29 is 4.79 Å². The average Bonchev–Trinajstić information content (AvgIpc) is 3.22. The van der Waals surface area contributed by atoms with Gasteiger partial charge >= 0.3 is 0 Å². The number of carbonyl (C=O) groups excluding carboxylic acids is 1. The predicted molar refractivity (Wildman–Crippen MR) is 108 cm³/mol. The molecule has 1 aromatic heterocycles. The molecule has 5 nitrogen and oxygen atoms in total. The average molecular weight is 399 g/mol. The molecule has 0 aliphatic carbocycles. The lowest BCUT2D eigenvalue weighted by molar-refractivity contribution is -0.126. The Morgan fingerprint density at radius 2 is 1.85 bits per heavy atom. The number of hydrogen-bond donors (Lipinski definition) is 0. The second kappa shape index (κ2) is 7.37. The third-order valence-electron chi connectivity index (χ3n) is 4.72. The van der Waals surface area contributed by atoms with E-state index in [1.807, 2.05) is 54.1 Å². The number of halogens is 1. The lowest BCUT2D eigenvalue weighted by Gasteiger charge is -2.14. The number of benzene rings is 2. The van der Waals surface area contributed by atoms with Crippen molar-refractivity contribution >= 4 is 29.3 Å². The quantitative estimate of drug-likeness (QED) is 0.660. The number of thioether (sulfide) groups is 1. The van der Waals surface area contributed by atoms with Crippen LogP contribution in [0.25, 0.3) is 17.1 Å². The van der Waals surface area contributed by atoms with Crippen molar-refractivity contribution in [1.82, 2.24) is 19.7 Å². The third-order valence-corrected chi connectivity index (χ3v) is 6.17. The SMILES string of the molecule is Cc1ccccc1-n1c(SC2CCN(C)C2=O)nnc1-c1ccc(Cl)cc1. The molecule has 0 N–H and O–H groups in total. The van der Waals surface area contributed by atoms with Gasteiger partial charge in [0.15, 0.2) is 11.0 Å². The van der Waals surface area contributed by atoms with Gasteiger partial charge in [0.05, 0.1) is 10.9 Å². The molecule has 0 saturated carbocycles. The van der Waals surface area contributed by atoms with Crippen LogP contribution in [-0.4, -0.2) is 44.4 Å². The normalized spacial score (nSPS) is 16.9. The van der Waals surface area contributed by atoms with E-state index in [1.165, 1.54) is 11.8 Å². The zero-order chi connectivity index (χ0) is 19.0. The lowest BCUT2D eigenvalue weighted by Crippen LogP contribution is -2.24. The van der Waals surface area contributed by atoms with Crippen molar-refractivity contribution in [3.63, 3.8) is 0 Å². The summed E-state index contributed by atoms with van der Waals surface area (Å²) < 4.78 is 2.04. The van der Waals surface area contributed by atoms with Crippen molar-refractivity contribution in [3.8, 4) is 17.1 Å². The number of likely N-dealkylation sites (tertiary alicyclic amines) is 1. The monoisotopic (exact) mass is 398 g/mol. The van der Waals surface area contributed by atoms with Crippen LogP contribution >= 0.6 is 23.4 Å². The van der Waals surface area contributed by atoms with E-state index in [9.17, 15) is 4.79 Å². The van der Waals surface area contributed by atoms with Crippen LogP contribution in [0.4, 0.5) is 0 Å². The van der Waals surface area contributed by atoms with Crippen molar-refractivity contribution in [3.05, 3.63) is 59.1 Å². The van der Waals surface area contributed by atoms with Crippen LogP contribution in [-0.2, 0) is 4.79 Å². The van der Waals surface area contributed by atoms with Gasteiger partial charge in [-0.15, -0.1) is 10.2 Å². The third kappa shape index (κ3) is 3.47. The molecule has 7 heteroatoms. The molecule has 138 valence electrons. The van der Waals surface area contributed by atoms with Gasteiger partial charge < -0.3 is 4.90 Å². The van der Waals surface area contributed by atoms with E-state index < -0.39 is 0 Å². The highest BCUT2D eigenvalue weighted by Crippen LogP contribution is 2.34. The van der Waals surface area contributed by atoms with E-state index >= 15 is 0 Å². The molecule has 2 aromatic carbocycles. The minimum Gasteiger partial charge on any atom is -0.345 e. The second-order valence-corrected chi connectivity index (χ2v) is 8.20. The highest BCUT2D eigenvalue weighted by molar-refractivity contribution is 8.00. The minimum atomic E-state index is -0.125. The van der Waals surface area contributed by atoms with Crippen molar-refractivity contribution in [2.75, 3.05) is 13.6 Å². The van der Waals surface area contributed by atoms with Gasteiger partial charge in [-0.2, -0.15) is 0 Å². The van der Waals surface area contributed by atoms with E-state index in [0.29, 0.717) is 5.02 Å². The zero-order valence-electron chi connectivity index (χ0n) is 15.1. The Bertz CT molecular complexity index is 986. The first-order valence-corrected chi connectivity index (χ1v) is 9.99. The van der Waals surface area contributed by atoms with Crippen molar-refractivity contribution in [1.29, 1.82) is 0 Å². The molecular weight excluding hydrogens is 380 g/mol. The summed E-state index contributed by atoms with van der Waals surface area (Å²) in [6.45, 7) is 2.84. The number of para-hydroxylation sites is 1. The van der Waals surface area contributed by atoms with Gasteiger partial charge in [-0.25, -0.2) is 0 Å². The molecule has 0 radical (unpaired) electrons. The molecule has 2 heterocycles. The summed E-state index contributed by atoms with van der Waals surface area (Å²) in [6.07, 6.45) is 0.816. The summed E-state index contributed by atoms with van der Waals surface area (Å²) in [5, 5.41) is 10.1. The van der Waals surface area contributed by atoms with Gasteiger partial charge in [0.2, 0.25) is 5.91 Å². The molecule has 1 unspecified atom stereocenters. The molecule has 3 aromatic rings. The Morgan fingerprint density at radius 3 is 2.52 bits per heavy atom. The molecule has 1 atom stereocenters. The van der Waals surface area contributed by atoms with Crippen LogP contribution in [0.15, 0.2) is 53.7 Å². The Hall–Kier alpha value is -2.31. The van der Waals surface area contributed by atoms with E-state index in [0.717, 1.165) is 40.8 Å². The van der Waals surface area contributed by atoms with Gasteiger partial charge in [0, 0.05) is 24.2 Å². The maximum absolute atomic E-state index is 12.4. The fourth-order valence-electron chi connectivity index (χ4n) is 3.19. The Balaban J connectivity index is 1.81. The van der Waals surface area contributed by atoms with E-state index in [2.05, 4.69) is 23.2 Å². The lowest BCUT2D eigenvalue weighted by atomic mass is 10.1.